The number of carbonyl (C=O) groups excluding carboxylic acids is 1. The van der Waals surface area contributed by atoms with Gasteiger partial charge < -0.3 is 20.3 Å². The summed E-state index contributed by atoms with van der Waals surface area (Å²) in [6.07, 6.45) is 2.84. The lowest BCUT2D eigenvalue weighted by Crippen LogP contribution is -2.10. The lowest BCUT2D eigenvalue weighted by molar-refractivity contribution is 0.0693. The molecule has 2 aromatic rings. The average Bonchev–Trinajstić information content (AvgIpc) is 2.58. The van der Waals surface area contributed by atoms with Crippen LogP contribution in [0.25, 0.3) is 6.08 Å². The van der Waals surface area contributed by atoms with E-state index in [0.29, 0.717) is 17.1 Å². The highest BCUT2D eigenvalue weighted by Gasteiger charge is 2.17. The third kappa shape index (κ3) is 3.55. The van der Waals surface area contributed by atoms with Crippen molar-refractivity contribution in [1.82, 2.24) is 0 Å². The highest BCUT2D eigenvalue weighted by atomic mass is 16.5. The Balaban J connectivity index is 2.34. The van der Waals surface area contributed by atoms with Crippen LogP contribution >= 0.6 is 0 Å². The van der Waals surface area contributed by atoms with Gasteiger partial charge in [-0.05, 0) is 35.9 Å². The molecule has 0 atom stereocenters. The summed E-state index contributed by atoms with van der Waals surface area (Å²) in [6, 6.07) is 9.49. The third-order valence-corrected chi connectivity index (χ3v) is 3.41. The quantitative estimate of drug-likeness (QED) is 0.481. The summed E-state index contributed by atoms with van der Waals surface area (Å²) in [4.78, 5) is 23.6. The van der Waals surface area contributed by atoms with Crippen molar-refractivity contribution in [2.75, 3.05) is 20.0 Å². The first-order valence-corrected chi connectivity index (χ1v) is 7.04. The molecule has 0 unspecified atom stereocenters. The number of ketones is 1. The molecule has 0 saturated heterocycles. The highest BCUT2D eigenvalue weighted by Crippen LogP contribution is 2.28. The number of carboxylic acid groups (broad SMARTS) is 1. The molecule has 3 N–H and O–H groups in total. The lowest BCUT2D eigenvalue weighted by Gasteiger charge is -2.08. The number of carboxylic acids is 1. The summed E-state index contributed by atoms with van der Waals surface area (Å²) in [5.41, 5.74) is 6.43. The number of rotatable bonds is 6. The second kappa shape index (κ2) is 7.32. The van der Waals surface area contributed by atoms with Gasteiger partial charge in [0.2, 0.25) is 0 Å². The van der Waals surface area contributed by atoms with Gasteiger partial charge in [-0.15, -0.1) is 0 Å². The van der Waals surface area contributed by atoms with E-state index < -0.39 is 11.8 Å². The topological polar surface area (TPSA) is 98.9 Å². The summed E-state index contributed by atoms with van der Waals surface area (Å²) >= 11 is 0. The normalized spacial score (nSPS) is 10.6. The van der Waals surface area contributed by atoms with Crippen molar-refractivity contribution in [1.29, 1.82) is 0 Å². The lowest BCUT2D eigenvalue weighted by atomic mass is 10.0. The third-order valence-electron chi connectivity index (χ3n) is 3.41. The summed E-state index contributed by atoms with van der Waals surface area (Å²) in [5, 5.41) is 9.19. The molecule has 0 saturated carbocycles. The number of methoxy groups -OCH3 is 2. The zero-order valence-electron chi connectivity index (χ0n) is 13.3. The molecule has 0 amide bonds. The van der Waals surface area contributed by atoms with Gasteiger partial charge in [-0.1, -0.05) is 18.2 Å². The van der Waals surface area contributed by atoms with E-state index in [4.69, 9.17) is 15.2 Å². The van der Waals surface area contributed by atoms with Gasteiger partial charge >= 0.3 is 5.97 Å². The number of allylic oxidation sites excluding steroid dienone is 1. The summed E-state index contributed by atoms with van der Waals surface area (Å²) in [6.45, 7) is 0. The van der Waals surface area contributed by atoms with E-state index in [1.165, 1.54) is 38.5 Å². The first-order chi connectivity index (χ1) is 11.5. The SMILES string of the molecule is COc1ccc(C=CC(=O)c2c(N)cccc2C(=O)O)cc1OC. The zero-order chi connectivity index (χ0) is 17.7. The van der Waals surface area contributed by atoms with Crippen LogP contribution in [-0.4, -0.2) is 31.1 Å². The van der Waals surface area contributed by atoms with Crippen molar-refractivity contribution in [3.05, 3.63) is 59.2 Å². The molecule has 0 aliphatic carbocycles. The minimum atomic E-state index is -1.20. The Kier molecular flexibility index (Phi) is 5.21. The summed E-state index contributed by atoms with van der Waals surface area (Å²) in [7, 11) is 3.04. The number of ether oxygens (including phenoxy) is 2. The number of benzene rings is 2. The largest absolute Gasteiger partial charge is 0.493 e. The maximum atomic E-state index is 12.4. The zero-order valence-corrected chi connectivity index (χ0v) is 13.3. The van der Waals surface area contributed by atoms with Gasteiger partial charge in [0.05, 0.1) is 25.3 Å². The van der Waals surface area contributed by atoms with Gasteiger partial charge in [-0.3, -0.25) is 4.79 Å². The standard InChI is InChI=1S/C18H17NO5/c1-23-15-9-7-11(10-16(15)24-2)6-8-14(20)17-12(18(21)22)4-3-5-13(17)19/h3-10H,19H2,1-2H3,(H,21,22). The van der Waals surface area contributed by atoms with Gasteiger partial charge in [0.1, 0.15) is 0 Å². The molecule has 6 nitrogen and oxygen atoms in total. The van der Waals surface area contributed by atoms with Crippen LogP contribution in [0.15, 0.2) is 42.5 Å². The van der Waals surface area contributed by atoms with E-state index in [9.17, 15) is 14.7 Å². The molecule has 0 aromatic heterocycles. The van der Waals surface area contributed by atoms with E-state index in [-0.39, 0.29) is 16.8 Å². The van der Waals surface area contributed by atoms with Crippen molar-refractivity contribution in [3.63, 3.8) is 0 Å². The Morgan fingerprint density at radius 3 is 2.42 bits per heavy atom. The fourth-order valence-electron chi connectivity index (χ4n) is 2.24. The van der Waals surface area contributed by atoms with Crippen LogP contribution in [0.5, 0.6) is 11.5 Å². The predicted molar refractivity (Wildman–Crippen MR) is 90.7 cm³/mol. The van der Waals surface area contributed by atoms with Crippen molar-refractivity contribution in [2.24, 2.45) is 0 Å². The fourth-order valence-corrected chi connectivity index (χ4v) is 2.24. The van der Waals surface area contributed by atoms with Crippen LogP contribution in [0.4, 0.5) is 5.69 Å². The molecule has 124 valence electrons. The Morgan fingerprint density at radius 2 is 1.79 bits per heavy atom. The molecular formula is C18H17NO5. The van der Waals surface area contributed by atoms with Gasteiger partial charge in [0, 0.05) is 5.69 Å². The maximum Gasteiger partial charge on any atom is 0.336 e. The Bertz CT molecular complexity index is 811. The number of carbonyl (C=O) groups is 2. The first-order valence-electron chi connectivity index (χ1n) is 7.04. The predicted octanol–water partition coefficient (Wildman–Crippen LogP) is 2.88. The smallest absolute Gasteiger partial charge is 0.336 e. The average molecular weight is 327 g/mol. The van der Waals surface area contributed by atoms with E-state index in [2.05, 4.69) is 0 Å². The number of hydrogen-bond acceptors (Lipinski definition) is 5. The van der Waals surface area contributed by atoms with E-state index in [0.717, 1.165) is 0 Å². The second-order valence-electron chi connectivity index (χ2n) is 4.89. The van der Waals surface area contributed by atoms with Crippen LogP contribution in [0, 0.1) is 0 Å². The number of hydrogen-bond donors (Lipinski definition) is 2. The number of aromatic carboxylic acids is 1. The van der Waals surface area contributed by atoms with Gasteiger partial charge in [0.15, 0.2) is 17.3 Å². The molecule has 2 aromatic carbocycles. The van der Waals surface area contributed by atoms with E-state index >= 15 is 0 Å². The van der Waals surface area contributed by atoms with Crippen LogP contribution in [0.3, 0.4) is 0 Å². The van der Waals surface area contributed by atoms with Crippen molar-refractivity contribution in [2.45, 2.75) is 0 Å². The van der Waals surface area contributed by atoms with Crippen LogP contribution in [0.2, 0.25) is 0 Å². The Morgan fingerprint density at radius 1 is 1.08 bits per heavy atom. The summed E-state index contributed by atoms with van der Waals surface area (Å²) in [5.74, 6) is -0.593. The molecule has 0 fully saturated rings. The van der Waals surface area contributed by atoms with Crippen molar-refractivity contribution < 1.29 is 24.2 Å². The number of anilines is 1. The highest BCUT2D eigenvalue weighted by molar-refractivity contribution is 6.15. The van der Waals surface area contributed by atoms with E-state index in [1.807, 2.05) is 0 Å². The van der Waals surface area contributed by atoms with Gasteiger partial charge in [-0.25, -0.2) is 4.79 Å². The molecule has 0 spiro atoms. The molecule has 24 heavy (non-hydrogen) atoms. The monoisotopic (exact) mass is 327 g/mol. The second-order valence-corrected chi connectivity index (χ2v) is 4.89. The molecule has 0 radical (unpaired) electrons. The molecule has 0 aliphatic rings. The van der Waals surface area contributed by atoms with Crippen molar-refractivity contribution >= 4 is 23.5 Å². The van der Waals surface area contributed by atoms with Crippen LogP contribution in [0.1, 0.15) is 26.3 Å². The molecule has 2 rings (SSSR count). The minimum absolute atomic E-state index is 0.0262. The number of nitrogens with two attached hydrogens (primary N) is 1. The van der Waals surface area contributed by atoms with Gasteiger partial charge in [-0.2, -0.15) is 0 Å². The molecule has 6 heteroatoms. The van der Waals surface area contributed by atoms with Crippen LogP contribution < -0.4 is 15.2 Å². The summed E-state index contributed by atoms with van der Waals surface area (Å²) < 4.78 is 10.3. The van der Waals surface area contributed by atoms with Crippen LogP contribution in [-0.2, 0) is 0 Å². The maximum absolute atomic E-state index is 12.4. The Hall–Kier alpha value is -3.28. The molecule has 0 bridgehead atoms. The van der Waals surface area contributed by atoms with Gasteiger partial charge in [0.25, 0.3) is 0 Å². The minimum Gasteiger partial charge on any atom is -0.493 e. The molecule has 0 aliphatic heterocycles. The fraction of sp³-hybridized carbons (Fsp3) is 0.111. The molecular weight excluding hydrogens is 310 g/mol. The van der Waals surface area contributed by atoms with E-state index in [1.54, 1.807) is 24.3 Å². The first kappa shape index (κ1) is 17.1. The Labute approximate surface area is 139 Å². The molecule has 0 heterocycles. The number of nitrogen functional groups attached to an aromatic ring is 1. The van der Waals surface area contributed by atoms with Crippen molar-refractivity contribution in [3.8, 4) is 11.5 Å².